The van der Waals surface area contributed by atoms with Gasteiger partial charge in [0.25, 0.3) is 5.56 Å². The van der Waals surface area contributed by atoms with Crippen molar-refractivity contribution in [3.05, 3.63) is 58.7 Å². The molecule has 1 aliphatic rings. The molecule has 1 aliphatic heterocycles. The highest BCUT2D eigenvalue weighted by molar-refractivity contribution is 5.69. The number of hydrogen-bond donors (Lipinski definition) is 2. The Morgan fingerprint density at radius 3 is 2.68 bits per heavy atom. The fourth-order valence-corrected chi connectivity index (χ4v) is 2.67. The van der Waals surface area contributed by atoms with Gasteiger partial charge in [-0.05, 0) is 18.2 Å². The highest BCUT2D eigenvalue weighted by Gasteiger charge is 2.31. The summed E-state index contributed by atoms with van der Waals surface area (Å²) in [5.74, 6) is -1.11. The first-order valence-corrected chi connectivity index (χ1v) is 7.32. The number of aromatic nitrogens is 2. The summed E-state index contributed by atoms with van der Waals surface area (Å²) in [5, 5.41) is 12.6. The Morgan fingerprint density at radius 1 is 1.28 bits per heavy atom. The zero-order valence-corrected chi connectivity index (χ0v) is 12.7. The predicted octanol–water partition coefficient (Wildman–Crippen LogP) is 2.98. The van der Waals surface area contributed by atoms with Crippen LogP contribution < -0.4 is 10.9 Å². The lowest BCUT2D eigenvalue weighted by Crippen LogP contribution is -2.33. The molecule has 1 atom stereocenters. The van der Waals surface area contributed by atoms with E-state index >= 15 is 0 Å². The van der Waals surface area contributed by atoms with Crippen molar-refractivity contribution in [2.24, 2.45) is 0 Å². The van der Waals surface area contributed by atoms with Gasteiger partial charge in [-0.3, -0.25) is 9.36 Å². The van der Waals surface area contributed by atoms with Crippen molar-refractivity contribution >= 4 is 0 Å². The van der Waals surface area contributed by atoms with Crippen LogP contribution in [0, 0.1) is 0 Å². The summed E-state index contributed by atoms with van der Waals surface area (Å²) in [6.07, 6.45) is -1.01. The molecule has 25 heavy (non-hydrogen) atoms. The standard InChI is InChI=1S/C16H13F4N3O2/c17-10-4-11(6-21-5-10)23-8-22-7-13(15(23)25)12-2-1-9(3-14(12)24)16(18,19)20/h1-3,5,7-8,11,21,24H,4,6H2. The zero-order valence-electron chi connectivity index (χ0n) is 12.7. The Hall–Kier alpha value is -2.84. The van der Waals surface area contributed by atoms with Gasteiger partial charge in [0.1, 0.15) is 11.6 Å². The zero-order chi connectivity index (χ0) is 18.2. The summed E-state index contributed by atoms with van der Waals surface area (Å²) in [7, 11) is 0. The molecule has 1 aromatic heterocycles. The van der Waals surface area contributed by atoms with Gasteiger partial charge in [0.05, 0.1) is 23.5 Å². The van der Waals surface area contributed by atoms with Crippen molar-refractivity contribution in [3.8, 4) is 16.9 Å². The van der Waals surface area contributed by atoms with Gasteiger partial charge in [0.15, 0.2) is 0 Å². The summed E-state index contributed by atoms with van der Waals surface area (Å²) in [5.41, 5.74) is -1.74. The van der Waals surface area contributed by atoms with Crippen LogP contribution >= 0.6 is 0 Å². The first-order valence-electron chi connectivity index (χ1n) is 7.32. The molecule has 9 heteroatoms. The minimum Gasteiger partial charge on any atom is -0.507 e. The fourth-order valence-electron chi connectivity index (χ4n) is 2.67. The molecule has 132 valence electrons. The largest absolute Gasteiger partial charge is 0.507 e. The molecular formula is C16H13F4N3O2. The molecule has 2 aromatic rings. The average Bonchev–Trinajstić information content (AvgIpc) is 2.54. The number of rotatable bonds is 2. The molecule has 0 bridgehead atoms. The van der Waals surface area contributed by atoms with Crippen molar-refractivity contribution < 1.29 is 22.7 Å². The van der Waals surface area contributed by atoms with E-state index in [0.29, 0.717) is 12.6 Å². The van der Waals surface area contributed by atoms with Crippen molar-refractivity contribution in [1.82, 2.24) is 14.9 Å². The number of allylic oxidation sites excluding steroid dienone is 1. The Balaban J connectivity index is 2.03. The Kier molecular flexibility index (Phi) is 4.23. The molecular weight excluding hydrogens is 342 g/mol. The van der Waals surface area contributed by atoms with E-state index in [0.717, 1.165) is 18.3 Å². The summed E-state index contributed by atoms with van der Waals surface area (Å²) in [4.78, 5) is 16.5. The van der Waals surface area contributed by atoms with Gasteiger partial charge in [-0.2, -0.15) is 13.2 Å². The highest BCUT2D eigenvalue weighted by Crippen LogP contribution is 2.35. The van der Waals surface area contributed by atoms with Crippen LogP contribution in [0.1, 0.15) is 18.0 Å². The minimum atomic E-state index is -4.61. The van der Waals surface area contributed by atoms with Gasteiger partial charge in [0, 0.05) is 30.9 Å². The van der Waals surface area contributed by atoms with Crippen molar-refractivity contribution in [2.75, 3.05) is 6.54 Å². The van der Waals surface area contributed by atoms with E-state index in [9.17, 15) is 27.5 Å². The van der Waals surface area contributed by atoms with E-state index in [1.54, 1.807) is 0 Å². The summed E-state index contributed by atoms with van der Waals surface area (Å²) in [6.45, 7) is 0.303. The van der Waals surface area contributed by atoms with Crippen LogP contribution in [-0.2, 0) is 6.18 Å². The summed E-state index contributed by atoms with van der Waals surface area (Å²) >= 11 is 0. The molecule has 0 aliphatic carbocycles. The molecule has 1 unspecified atom stereocenters. The predicted molar refractivity (Wildman–Crippen MR) is 81.4 cm³/mol. The van der Waals surface area contributed by atoms with E-state index in [1.807, 2.05) is 0 Å². The number of phenolic OH excluding ortho intramolecular Hbond substituents is 1. The summed E-state index contributed by atoms with van der Waals surface area (Å²) in [6, 6.07) is 1.81. The quantitative estimate of drug-likeness (QED) is 0.813. The van der Waals surface area contributed by atoms with Crippen LogP contribution in [-0.4, -0.2) is 21.2 Å². The average molecular weight is 355 g/mol. The second-order valence-electron chi connectivity index (χ2n) is 5.61. The van der Waals surface area contributed by atoms with Crippen LogP contribution in [0.5, 0.6) is 5.75 Å². The number of halogens is 4. The molecule has 0 radical (unpaired) electrons. The normalized spacial score (nSPS) is 17.8. The number of phenols is 1. The van der Waals surface area contributed by atoms with Gasteiger partial charge in [-0.15, -0.1) is 0 Å². The number of nitrogens with zero attached hydrogens (tertiary/aromatic N) is 2. The number of hydrogen-bond acceptors (Lipinski definition) is 4. The second-order valence-corrected chi connectivity index (χ2v) is 5.61. The third kappa shape index (κ3) is 3.35. The highest BCUT2D eigenvalue weighted by atomic mass is 19.4. The number of alkyl halides is 3. The third-order valence-corrected chi connectivity index (χ3v) is 3.91. The van der Waals surface area contributed by atoms with Crippen molar-refractivity contribution in [2.45, 2.75) is 18.6 Å². The van der Waals surface area contributed by atoms with Gasteiger partial charge in [0.2, 0.25) is 0 Å². The Labute approximate surface area is 139 Å². The lowest BCUT2D eigenvalue weighted by Gasteiger charge is -2.23. The first kappa shape index (κ1) is 17.0. The molecule has 2 N–H and O–H groups in total. The smallest absolute Gasteiger partial charge is 0.416 e. The molecule has 0 amide bonds. The van der Waals surface area contributed by atoms with Gasteiger partial charge in [-0.25, -0.2) is 9.37 Å². The Morgan fingerprint density at radius 2 is 2.04 bits per heavy atom. The lowest BCUT2D eigenvalue weighted by molar-refractivity contribution is -0.137. The van der Waals surface area contributed by atoms with E-state index < -0.39 is 34.9 Å². The van der Waals surface area contributed by atoms with Crippen LogP contribution in [0.15, 0.2) is 47.5 Å². The molecule has 5 nitrogen and oxygen atoms in total. The van der Waals surface area contributed by atoms with Crippen LogP contribution in [0.2, 0.25) is 0 Å². The van der Waals surface area contributed by atoms with Gasteiger partial charge >= 0.3 is 6.18 Å². The van der Waals surface area contributed by atoms with Gasteiger partial charge in [-0.1, -0.05) is 0 Å². The molecule has 0 saturated carbocycles. The third-order valence-electron chi connectivity index (χ3n) is 3.91. The van der Waals surface area contributed by atoms with E-state index in [4.69, 9.17) is 0 Å². The van der Waals surface area contributed by atoms with Gasteiger partial charge < -0.3 is 10.4 Å². The molecule has 3 rings (SSSR count). The lowest BCUT2D eigenvalue weighted by atomic mass is 10.0. The fraction of sp³-hybridized carbons (Fsp3) is 0.250. The molecule has 2 heterocycles. The van der Waals surface area contributed by atoms with Crippen LogP contribution in [0.4, 0.5) is 17.6 Å². The molecule has 0 fully saturated rings. The maximum atomic E-state index is 13.4. The number of nitrogens with one attached hydrogen (secondary N) is 1. The second kappa shape index (κ2) is 6.23. The first-order chi connectivity index (χ1) is 11.8. The van der Waals surface area contributed by atoms with E-state index in [1.165, 1.54) is 17.1 Å². The SMILES string of the molecule is O=c1c(-c2ccc(C(F)(F)F)cc2O)cncn1C1CNC=C(F)C1. The van der Waals surface area contributed by atoms with Crippen molar-refractivity contribution in [3.63, 3.8) is 0 Å². The molecule has 1 aromatic carbocycles. The number of benzene rings is 1. The van der Waals surface area contributed by atoms with Crippen LogP contribution in [0.25, 0.3) is 11.1 Å². The Bertz CT molecular complexity index is 890. The monoisotopic (exact) mass is 355 g/mol. The number of aromatic hydroxyl groups is 1. The topological polar surface area (TPSA) is 67.1 Å². The van der Waals surface area contributed by atoms with E-state index in [-0.39, 0.29) is 17.5 Å². The van der Waals surface area contributed by atoms with E-state index in [2.05, 4.69) is 10.3 Å². The van der Waals surface area contributed by atoms with Crippen molar-refractivity contribution in [1.29, 1.82) is 0 Å². The minimum absolute atomic E-state index is 0.00294. The maximum Gasteiger partial charge on any atom is 0.416 e. The maximum absolute atomic E-state index is 13.4. The molecule has 0 spiro atoms. The summed E-state index contributed by atoms with van der Waals surface area (Å²) < 4.78 is 52.7. The molecule has 0 saturated heterocycles. The van der Waals surface area contributed by atoms with Crippen LogP contribution in [0.3, 0.4) is 0 Å².